The van der Waals surface area contributed by atoms with Gasteiger partial charge < -0.3 is 10.0 Å². The summed E-state index contributed by atoms with van der Waals surface area (Å²) in [7, 11) is -0.750. The minimum Gasteiger partial charge on any atom is -0.430 e. The molecule has 0 aliphatic heterocycles. The van der Waals surface area contributed by atoms with Crippen molar-refractivity contribution < 1.29 is 10.0 Å². The summed E-state index contributed by atoms with van der Waals surface area (Å²) in [5, 5.41) is 16.2. The molecule has 5 heteroatoms. The molecule has 0 spiro atoms. The van der Waals surface area contributed by atoms with Crippen LogP contribution in [0.3, 0.4) is 0 Å². The lowest BCUT2D eigenvalue weighted by molar-refractivity contribution is 0.448. The van der Waals surface area contributed by atoms with Gasteiger partial charge in [0.2, 0.25) is 0 Å². The summed E-state index contributed by atoms with van der Waals surface area (Å²) in [6, 6.07) is 3.79. The smallest absolute Gasteiger partial charge is 0.430 e. The molecule has 0 atom stereocenters. The Morgan fingerprint density at radius 3 is 2.22 bits per heavy atom. The van der Waals surface area contributed by atoms with Gasteiger partial charge in [0, 0.05) is 0 Å². The molecular weight excluding hydrogens is 158 g/mol. The SMILES string of the molecule is Clc1cccs1.OBO. The fourth-order valence-electron chi connectivity index (χ4n) is 0.259. The second-order valence-electron chi connectivity index (χ2n) is 1.06. The molecule has 0 unspecified atom stereocenters. The summed E-state index contributed by atoms with van der Waals surface area (Å²) in [5.74, 6) is 0. The molecule has 1 aromatic rings. The molecule has 0 fully saturated rings. The molecule has 9 heavy (non-hydrogen) atoms. The van der Waals surface area contributed by atoms with E-state index in [0.717, 1.165) is 4.34 Å². The highest BCUT2D eigenvalue weighted by Gasteiger charge is 1.77. The molecule has 2 nitrogen and oxygen atoms in total. The van der Waals surface area contributed by atoms with Gasteiger partial charge >= 0.3 is 7.69 Å². The van der Waals surface area contributed by atoms with Crippen LogP contribution < -0.4 is 0 Å². The lowest BCUT2D eigenvalue weighted by atomic mass is 10.5. The van der Waals surface area contributed by atoms with E-state index >= 15 is 0 Å². The fraction of sp³-hybridized carbons (Fsp3) is 0. The Morgan fingerprint density at radius 1 is 1.56 bits per heavy atom. The number of rotatable bonds is 0. The zero-order valence-corrected chi connectivity index (χ0v) is 6.19. The summed E-state index contributed by atoms with van der Waals surface area (Å²) >= 11 is 7.02. The van der Waals surface area contributed by atoms with E-state index in [0.29, 0.717) is 0 Å². The van der Waals surface area contributed by atoms with Crippen molar-refractivity contribution in [2.45, 2.75) is 0 Å². The van der Waals surface area contributed by atoms with Crippen LogP contribution >= 0.6 is 22.9 Å². The van der Waals surface area contributed by atoms with Crippen molar-refractivity contribution in [3.8, 4) is 0 Å². The molecule has 0 saturated carbocycles. The Balaban J connectivity index is 0.000000187. The standard InChI is InChI=1S/C4H3ClS.BH3O2/c5-4-2-1-3-6-4;2-1-3/h1-3H;1-3H. The summed E-state index contributed by atoms with van der Waals surface area (Å²) in [6.07, 6.45) is 0. The summed E-state index contributed by atoms with van der Waals surface area (Å²) in [6.45, 7) is 0. The lowest BCUT2D eigenvalue weighted by Crippen LogP contribution is -1.75. The van der Waals surface area contributed by atoms with Gasteiger partial charge in [-0.15, -0.1) is 11.3 Å². The molecule has 50 valence electrons. The van der Waals surface area contributed by atoms with E-state index in [1.807, 2.05) is 17.5 Å². The van der Waals surface area contributed by atoms with Crippen LogP contribution in [0, 0.1) is 0 Å². The van der Waals surface area contributed by atoms with E-state index in [4.69, 9.17) is 21.6 Å². The highest BCUT2D eigenvalue weighted by Crippen LogP contribution is 2.13. The van der Waals surface area contributed by atoms with E-state index in [1.165, 1.54) is 0 Å². The van der Waals surface area contributed by atoms with Crippen molar-refractivity contribution in [2.24, 2.45) is 0 Å². The Morgan fingerprint density at radius 2 is 2.11 bits per heavy atom. The maximum Gasteiger partial charge on any atom is 0.432 e. The maximum atomic E-state index is 7.12. The van der Waals surface area contributed by atoms with Crippen LogP contribution in [-0.2, 0) is 0 Å². The van der Waals surface area contributed by atoms with E-state index in [-0.39, 0.29) is 0 Å². The Labute approximate surface area is 63.0 Å². The first-order valence-corrected chi connectivity index (χ1v) is 3.47. The van der Waals surface area contributed by atoms with Gasteiger partial charge in [0.05, 0.1) is 4.34 Å². The Bertz CT molecular complexity index is 133. The molecule has 0 aliphatic carbocycles. The van der Waals surface area contributed by atoms with Crippen LogP contribution in [0.25, 0.3) is 0 Å². The minimum absolute atomic E-state index is 0.750. The van der Waals surface area contributed by atoms with Gasteiger partial charge in [-0.25, -0.2) is 0 Å². The van der Waals surface area contributed by atoms with Crippen molar-refractivity contribution in [1.29, 1.82) is 0 Å². The molecule has 0 bridgehead atoms. The van der Waals surface area contributed by atoms with Crippen molar-refractivity contribution in [2.75, 3.05) is 0 Å². The predicted octanol–water partition coefficient (Wildman–Crippen LogP) is 0.639. The van der Waals surface area contributed by atoms with Crippen LogP contribution in [0.1, 0.15) is 0 Å². The number of halogens is 1. The van der Waals surface area contributed by atoms with Crippen LogP contribution in [0.4, 0.5) is 0 Å². The highest BCUT2D eigenvalue weighted by molar-refractivity contribution is 7.14. The Hall–Kier alpha value is -0.0251. The lowest BCUT2D eigenvalue weighted by Gasteiger charge is -1.62. The van der Waals surface area contributed by atoms with Crippen LogP contribution in [0.5, 0.6) is 0 Å². The van der Waals surface area contributed by atoms with Gasteiger partial charge in [-0.1, -0.05) is 11.6 Å². The topological polar surface area (TPSA) is 40.5 Å². The molecule has 0 aromatic carbocycles. The first-order chi connectivity index (χ1) is 4.31. The van der Waals surface area contributed by atoms with E-state index < -0.39 is 7.69 Å². The average Bonchev–Trinajstić information content (AvgIpc) is 2.20. The molecule has 2 N–H and O–H groups in total. The summed E-state index contributed by atoms with van der Waals surface area (Å²) in [4.78, 5) is 0. The monoisotopic (exact) mass is 164 g/mol. The molecule has 0 amide bonds. The van der Waals surface area contributed by atoms with Crippen LogP contribution in [0.15, 0.2) is 17.5 Å². The largest absolute Gasteiger partial charge is 0.432 e. The average molecular weight is 164 g/mol. The van der Waals surface area contributed by atoms with Gasteiger partial charge in [0.25, 0.3) is 0 Å². The van der Waals surface area contributed by atoms with Gasteiger partial charge in [-0.05, 0) is 17.5 Å². The van der Waals surface area contributed by atoms with Gasteiger partial charge in [0.15, 0.2) is 0 Å². The second-order valence-corrected chi connectivity index (χ2v) is 2.64. The molecule has 1 rings (SSSR count). The van der Waals surface area contributed by atoms with E-state index in [9.17, 15) is 0 Å². The van der Waals surface area contributed by atoms with Crippen LogP contribution in [-0.4, -0.2) is 17.7 Å². The zero-order valence-electron chi connectivity index (χ0n) is 4.62. The minimum atomic E-state index is -0.750. The number of hydrogen-bond donors (Lipinski definition) is 2. The van der Waals surface area contributed by atoms with Gasteiger partial charge in [0.1, 0.15) is 0 Å². The highest BCUT2D eigenvalue weighted by atomic mass is 35.5. The third-order valence-electron chi connectivity index (χ3n) is 0.486. The third kappa shape index (κ3) is 5.85. The summed E-state index contributed by atoms with van der Waals surface area (Å²) in [5.41, 5.74) is 0. The zero-order chi connectivity index (χ0) is 7.11. The first-order valence-electron chi connectivity index (χ1n) is 2.22. The molecular formula is C4H6BClO2S. The predicted molar refractivity (Wildman–Crippen MR) is 40.9 cm³/mol. The van der Waals surface area contributed by atoms with Gasteiger partial charge in [-0.2, -0.15) is 0 Å². The first kappa shape index (κ1) is 8.97. The normalized spacial score (nSPS) is 7.44. The van der Waals surface area contributed by atoms with E-state index in [2.05, 4.69) is 0 Å². The molecule has 0 saturated heterocycles. The number of hydrogen-bond acceptors (Lipinski definition) is 3. The molecule has 0 aliphatic rings. The maximum absolute atomic E-state index is 7.12. The molecule has 0 radical (unpaired) electrons. The fourth-order valence-corrected chi connectivity index (χ4v) is 0.930. The van der Waals surface area contributed by atoms with Crippen molar-refractivity contribution in [1.82, 2.24) is 0 Å². The third-order valence-corrected chi connectivity index (χ3v) is 1.53. The Kier molecular flexibility index (Phi) is 6.08. The van der Waals surface area contributed by atoms with Crippen molar-refractivity contribution >= 4 is 30.6 Å². The second kappa shape index (κ2) is 6.10. The van der Waals surface area contributed by atoms with Crippen molar-refractivity contribution in [3.05, 3.63) is 21.8 Å². The molecule has 1 heterocycles. The van der Waals surface area contributed by atoms with Gasteiger partial charge in [-0.3, -0.25) is 0 Å². The van der Waals surface area contributed by atoms with Crippen molar-refractivity contribution in [3.63, 3.8) is 0 Å². The molecule has 1 aromatic heterocycles. The van der Waals surface area contributed by atoms with E-state index in [1.54, 1.807) is 11.3 Å². The van der Waals surface area contributed by atoms with Crippen LogP contribution in [0.2, 0.25) is 4.34 Å². The number of thiophene rings is 1. The summed E-state index contributed by atoms with van der Waals surface area (Å²) < 4.78 is 0.856. The quantitative estimate of drug-likeness (QED) is 0.553.